The standard InChI is InChI=1S/C13H20N2O2/c14-8-3-9-15-11-5-2-1-4-10(11)6-7-12(15)13(16)17/h10-12H,1-7,9H2,(H,16,17). The number of fused-ring (bicyclic) bond motifs is 1. The monoisotopic (exact) mass is 236 g/mol. The topological polar surface area (TPSA) is 64.3 Å². The Morgan fingerprint density at radius 2 is 2.06 bits per heavy atom. The number of likely N-dealkylation sites (tertiary alicyclic amines) is 1. The molecule has 0 aromatic carbocycles. The van der Waals surface area contributed by atoms with Gasteiger partial charge in [0.15, 0.2) is 0 Å². The molecule has 1 aliphatic heterocycles. The molecule has 2 aliphatic rings. The molecule has 0 aromatic rings. The summed E-state index contributed by atoms with van der Waals surface area (Å²) in [4.78, 5) is 13.4. The van der Waals surface area contributed by atoms with Gasteiger partial charge in [-0.05, 0) is 31.6 Å². The summed E-state index contributed by atoms with van der Waals surface area (Å²) in [7, 11) is 0. The van der Waals surface area contributed by atoms with E-state index in [0.29, 0.717) is 24.9 Å². The highest BCUT2D eigenvalue weighted by atomic mass is 16.4. The second-order valence-corrected chi connectivity index (χ2v) is 5.19. The summed E-state index contributed by atoms with van der Waals surface area (Å²) >= 11 is 0. The van der Waals surface area contributed by atoms with E-state index in [2.05, 4.69) is 11.0 Å². The molecule has 0 radical (unpaired) electrons. The van der Waals surface area contributed by atoms with Gasteiger partial charge in [-0.15, -0.1) is 0 Å². The molecule has 1 heterocycles. The molecule has 1 N–H and O–H groups in total. The Kier molecular flexibility index (Phi) is 4.01. The summed E-state index contributed by atoms with van der Waals surface area (Å²) in [6.45, 7) is 0.620. The molecule has 0 aromatic heterocycles. The highest BCUT2D eigenvalue weighted by Gasteiger charge is 2.40. The van der Waals surface area contributed by atoms with E-state index in [0.717, 1.165) is 19.3 Å². The minimum Gasteiger partial charge on any atom is -0.480 e. The number of rotatable bonds is 3. The predicted molar refractivity (Wildman–Crippen MR) is 63.3 cm³/mol. The van der Waals surface area contributed by atoms with Crippen LogP contribution in [0.25, 0.3) is 0 Å². The molecule has 2 rings (SSSR count). The molecule has 1 saturated carbocycles. The molecule has 4 heteroatoms. The third-order valence-corrected chi connectivity index (χ3v) is 4.27. The normalized spacial score (nSPS) is 33.7. The van der Waals surface area contributed by atoms with E-state index in [1.54, 1.807) is 0 Å². The minimum atomic E-state index is -0.716. The molecular weight excluding hydrogens is 216 g/mol. The summed E-state index contributed by atoms with van der Waals surface area (Å²) < 4.78 is 0. The number of hydrogen-bond donors (Lipinski definition) is 1. The fourth-order valence-corrected chi connectivity index (χ4v) is 3.50. The fraction of sp³-hybridized carbons (Fsp3) is 0.846. The van der Waals surface area contributed by atoms with Gasteiger partial charge in [0.25, 0.3) is 0 Å². The Balaban J connectivity index is 2.10. The summed E-state index contributed by atoms with van der Waals surface area (Å²) in [6.07, 6.45) is 7.07. The Bertz CT molecular complexity index is 324. The molecule has 0 bridgehead atoms. The first-order valence-electron chi connectivity index (χ1n) is 6.59. The van der Waals surface area contributed by atoms with Gasteiger partial charge in [-0.25, -0.2) is 0 Å². The van der Waals surface area contributed by atoms with Crippen molar-refractivity contribution in [2.24, 2.45) is 5.92 Å². The zero-order valence-electron chi connectivity index (χ0n) is 10.1. The van der Waals surface area contributed by atoms with Crippen LogP contribution in [-0.4, -0.2) is 34.6 Å². The average molecular weight is 236 g/mol. The summed E-state index contributed by atoms with van der Waals surface area (Å²) in [6, 6.07) is 2.19. The third-order valence-electron chi connectivity index (χ3n) is 4.27. The summed E-state index contributed by atoms with van der Waals surface area (Å²) in [5.41, 5.74) is 0. The molecule has 17 heavy (non-hydrogen) atoms. The van der Waals surface area contributed by atoms with E-state index in [1.165, 1.54) is 19.3 Å². The number of piperidine rings is 1. The van der Waals surface area contributed by atoms with Crippen molar-refractivity contribution in [3.8, 4) is 6.07 Å². The number of nitriles is 1. The van der Waals surface area contributed by atoms with Crippen LogP contribution in [-0.2, 0) is 4.79 Å². The molecule has 0 amide bonds. The van der Waals surface area contributed by atoms with Crippen molar-refractivity contribution >= 4 is 5.97 Å². The van der Waals surface area contributed by atoms with Gasteiger partial charge in [0, 0.05) is 19.0 Å². The summed E-state index contributed by atoms with van der Waals surface area (Å²) in [5.74, 6) is -0.0509. The van der Waals surface area contributed by atoms with Crippen LogP contribution in [0.2, 0.25) is 0 Å². The van der Waals surface area contributed by atoms with Crippen LogP contribution in [0, 0.1) is 17.2 Å². The van der Waals surface area contributed by atoms with Crippen LogP contribution in [0.15, 0.2) is 0 Å². The first-order valence-corrected chi connectivity index (χ1v) is 6.59. The van der Waals surface area contributed by atoms with Crippen molar-refractivity contribution in [3.05, 3.63) is 0 Å². The van der Waals surface area contributed by atoms with E-state index >= 15 is 0 Å². The average Bonchev–Trinajstić information content (AvgIpc) is 2.35. The Morgan fingerprint density at radius 3 is 2.76 bits per heavy atom. The second kappa shape index (κ2) is 5.50. The summed E-state index contributed by atoms with van der Waals surface area (Å²) in [5, 5.41) is 18.0. The van der Waals surface area contributed by atoms with Crippen LogP contribution >= 0.6 is 0 Å². The number of aliphatic carboxylic acids is 1. The zero-order chi connectivity index (χ0) is 12.3. The number of nitrogens with zero attached hydrogens (tertiary/aromatic N) is 2. The molecule has 3 unspecified atom stereocenters. The van der Waals surface area contributed by atoms with Crippen molar-refractivity contribution < 1.29 is 9.90 Å². The van der Waals surface area contributed by atoms with E-state index in [9.17, 15) is 9.90 Å². The van der Waals surface area contributed by atoms with Crippen LogP contribution in [0.3, 0.4) is 0 Å². The molecule has 2 fully saturated rings. The maximum atomic E-state index is 11.3. The van der Waals surface area contributed by atoms with Gasteiger partial charge in [0.2, 0.25) is 0 Å². The molecule has 3 atom stereocenters. The van der Waals surface area contributed by atoms with Crippen molar-refractivity contribution in [2.75, 3.05) is 6.54 Å². The van der Waals surface area contributed by atoms with Crippen molar-refractivity contribution in [2.45, 2.75) is 57.0 Å². The van der Waals surface area contributed by atoms with Gasteiger partial charge in [-0.1, -0.05) is 12.8 Å². The lowest BCUT2D eigenvalue weighted by Crippen LogP contribution is -2.55. The minimum absolute atomic E-state index is 0.359. The molecule has 94 valence electrons. The van der Waals surface area contributed by atoms with E-state index in [4.69, 9.17) is 5.26 Å². The van der Waals surface area contributed by atoms with Crippen LogP contribution < -0.4 is 0 Å². The number of carboxylic acids is 1. The predicted octanol–water partition coefficient (Wildman–Crippen LogP) is 2.01. The van der Waals surface area contributed by atoms with Crippen LogP contribution in [0.4, 0.5) is 0 Å². The van der Waals surface area contributed by atoms with Gasteiger partial charge in [0.1, 0.15) is 6.04 Å². The zero-order valence-corrected chi connectivity index (χ0v) is 10.1. The smallest absolute Gasteiger partial charge is 0.320 e. The van der Waals surface area contributed by atoms with Gasteiger partial charge in [-0.3, -0.25) is 9.69 Å². The van der Waals surface area contributed by atoms with E-state index < -0.39 is 5.97 Å². The first kappa shape index (κ1) is 12.4. The van der Waals surface area contributed by atoms with Crippen LogP contribution in [0.1, 0.15) is 44.9 Å². The number of carboxylic acid groups (broad SMARTS) is 1. The number of hydrogen-bond acceptors (Lipinski definition) is 3. The molecule has 1 saturated heterocycles. The van der Waals surface area contributed by atoms with Gasteiger partial charge < -0.3 is 5.11 Å². The highest BCUT2D eigenvalue weighted by molar-refractivity contribution is 5.73. The van der Waals surface area contributed by atoms with Gasteiger partial charge in [0.05, 0.1) is 6.07 Å². The highest BCUT2D eigenvalue weighted by Crippen LogP contribution is 2.37. The fourth-order valence-electron chi connectivity index (χ4n) is 3.50. The number of carbonyl (C=O) groups is 1. The second-order valence-electron chi connectivity index (χ2n) is 5.19. The van der Waals surface area contributed by atoms with Crippen LogP contribution in [0.5, 0.6) is 0 Å². The molecular formula is C13H20N2O2. The SMILES string of the molecule is N#CCCN1C(C(=O)O)CCC2CCCCC21. The Hall–Kier alpha value is -1.08. The van der Waals surface area contributed by atoms with Gasteiger partial charge in [-0.2, -0.15) is 5.26 Å². The lowest BCUT2D eigenvalue weighted by Gasteiger charge is -2.47. The third kappa shape index (κ3) is 2.61. The Labute approximate surface area is 102 Å². The Morgan fingerprint density at radius 1 is 1.29 bits per heavy atom. The van der Waals surface area contributed by atoms with E-state index in [-0.39, 0.29) is 6.04 Å². The van der Waals surface area contributed by atoms with Crippen molar-refractivity contribution in [3.63, 3.8) is 0 Å². The van der Waals surface area contributed by atoms with Gasteiger partial charge >= 0.3 is 5.97 Å². The van der Waals surface area contributed by atoms with E-state index in [1.807, 2.05) is 0 Å². The molecule has 1 aliphatic carbocycles. The first-order chi connectivity index (χ1) is 8.24. The maximum Gasteiger partial charge on any atom is 0.320 e. The molecule has 0 spiro atoms. The largest absolute Gasteiger partial charge is 0.480 e. The molecule has 4 nitrogen and oxygen atoms in total. The van der Waals surface area contributed by atoms with Crippen molar-refractivity contribution in [1.29, 1.82) is 5.26 Å². The lowest BCUT2D eigenvalue weighted by atomic mass is 9.76. The lowest BCUT2D eigenvalue weighted by molar-refractivity contribution is -0.148. The maximum absolute atomic E-state index is 11.3. The van der Waals surface area contributed by atoms with Crippen molar-refractivity contribution in [1.82, 2.24) is 4.90 Å². The quantitative estimate of drug-likeness (QED) is 0.814.